The molecule has 0 saturated carbocycles. The van der Waals surface area contributed by atoms with Gasteiger partial charge in [-0.05, 0) is 24.5 Å². The summed E-state index contributed by atoms with van der Waals surface area (Å²) < 4.78 is 0. The molecule has 3 rings (SSSR count). The van der Waals surface area contributed by atoms with Gasteiger partial charge in [0.2, 0.25) is 0 Å². The highest BCUT2D eigenvalue weighted by Gasteiger charge is 2.24. The van der Waals surface area contributed by atoms with Gasteiger partial charge in [0.25, 0.3) is 0 Å². The zero-order chi connectivity index (χ0) is 16.6. The standard InChI is InChI=1S/C18H24N4OS/c23-18(19-10-13-24-14-15-4-2-1-3-5-15)22-11-7-16(8-12-22)17-6-9-20-21-17/h1-6,9,16H,7-8,10-14H2,(H,19,23)(H,20,21). The molecule has 0 radical (unpaired) electrons. The Morgan fingerprint density at radius 2 is 2.04 bits per heavy atom. The third-order valence-electron chi connectivity index (χ3n) is 4.38. The van der Waals surface area contributed by atoms with Gasteiger partial charge in [-0.1, -0.05) is 30.3 Å². The van der Waals surface area contributed by atoms with Gasteiger partial charge in [-0.3, -0.25) is 5.10 Å². The van der Waals surface area contributed by atoms with Crippen LogP contribution in [0.5, 0.6) is 0 Å². The van der Waals surface area contributed by atoms with E-state index in [0.29, 0.717) is 5.92 Å². The Hall–Kier alpha value is -1.95. The molecule has 1 aromatic carbocycles. The second kappa shape index (κ2) is 8.78. The Bertz CT molecular complexity index is 609. The van der Waals surface area contributed by atoms with Gasteiger partial charge >= 0.3 is 6.03 Å². The Morgan fingerprint density at radius 3 is 2.75 bits per heavy atom. The van der Waals surface area contributed by atoms with E-state index >= 15 is 0 Å². The number of aromatic amines is 1. The van der Waals surface area contributed by atoms with Crippen LogP contribution in [0.15, 0.2) is 42.6 Å². The zero-order valence-electron chi connectivity index (χ0n) is 13.8. The van der Waals surface area contributed by atoms with Crippen molar-refractivity contribution < 1.29 is 4.79 Å². The molecule has 2 heterocycles. The van der Waals surface area contributed by atoms with Crippen LogP contribution in [0.4, 0.5) is 4.79 Å². The molecule has 1 aromatic heterocycles. The maximum absolute atomic E-state index is 12.2. The van der Waals surface area contributed by atoms with Crippen LogP contribution in [-0.4, -0.2) is 46.5 Å². The van der Waals surface area contributed by atoms with E-state index in [1.54, 1.807) is 6.20 Å². The molecule has 0 aliphatic carbocycles. The van der Waals surface area contributed by atoms with Gasteiger partial charge in [0.1, 0.15) is 0 Å². The summed E-state index contributed by atoms with van der Waals surface area (Å²) in [6.45, 7) is 2.34. The number of urea groups is 1. The summed E-state index contributed by atoms with van der Waals surface area (Å²) in [4.78, 5) is 14.1. The first-order chi connectivity index (χ1) is 11.8. The second-order valence-electron chi connectivity index (χ2n) is 6.04. The summed E-state index contributed by atoms with van der Waals surface area (Å²) in [5, 5.41) is 10.1. The molecule has 2 amide bonds. The van der Waals surface area contributed by atoms with E-state index in [9.17, 15) is 4.79 Å². The van der Waals surface area contributed by atoms with E-state index in [1.807, 2.05) is 28.8 Å². The molecule has 0 bridgehead atoms. The number of H-pyrrole nitrogens is 1. The smallest absolute Gasteiger partial charge is 0.317 e. The molecule has 0 unspecified atom stereocenters. The Morgan fingerprint density at radius 1 is 1.25 bits per heavy atom. The van der Waals surface area contributed by atoms with Crippen LogP contribution >= 0.6 is 11.8 Å². The number of carbonyl (C=O) groups is 1. The van der Waals surface area contributed by atoms with Crippen molar-refractivity contribution in [3.8, 4) is 0 Å². The van der Waals surface area contributed by atoms with Gasteiger partial charge in [0.15, 0.2) is 0 Å². The van der Waals surface area contributed by atoms with E-state index in [4.69, 9.17) is 0 Å². The molecule has 0 spiro atoms. The molecule has 1 aliphatic heterocycles. The van der Waals surface area contributed by atoms with E-state index in [-0.39, 0.29) is 6.03 Å². The Labute approximate surface area is 147 Å². The quantitative estimate of drug-likeness (QED) is 0.791. The average molecular weight is 344 g/mol. The molecule has 6 heteroatoms. The number of hydrogen-bond acceptors (Lipinski definition) is 3. The number of carbonyl (C=O) groups excluding carboxylic acids is 1. The van der Waals surface area contributed by atoms with Gasteiger partial charge in [-0.2, -0.15) is 16.9 Å². The first-order valence-corrected chi connectivity index (χ1v) is 9.62. The summed E-state index contributed by atoms with van der Waals surface area (Å²) >= 11 is 1.85. The van der Waals surface area contributed by atoms with Crippen LogP contribution in [0.25, 0.3) is 0 Å². The minimum Gasteiger partial charge on any atom is -0.337 e. The molecule has 5 nitrogen and oxygen atoms in total. The monoisotopic (exact) mass is 344 g/mol. The van der Waals surface area contributed by atoms with Crippen LogP contribution in [0, 0.1) is 0 Å². The lowest BCUT2D eigenvalue weighted by Gasteiger charge is -2.31. The predicted octanol–water partition coefficient (Wildman–Crippen LogP) is 3.23. The lowest BCUT2D eigenvalue weighted by Crippen LogP contribution is -2.44. The summed E-state index contributed by atoms with van der Waals surface area (Å²) in [6, 6.07) is 12.5. The lowest BCUT2D eigenvalue weighted by molar-refractivity contribution is 0.181. The zero-order valence-corrected chi connectivity index (χ0v) is 14.6. The molecule has 0 atom stereocenters. The van der Waals surface area contributed by atoms with Crippen LogP contribution in [0.1, 0.15) is 30.0 Å². The first kappa shape index (κ1) is 16.9. The fourth-order valence-corrected chi connectivity index (χ4v) is 3.81. The highest BCUT2D eigenvalue weighted by Crippen LogP contribution is 2.26. The fourth-order valence-electron chi connectivity index (χ4n) is 2.99. The van der Waals surface area contributed by atoms with E-state index in [2.05, 4.69) is 39.8 Å². The summed E-state index contributed by atoms with van der Waals surface area (Å²) in [5.41, 5.74) is 2.52. The van der Waals surface area contributed by atoms with Gasteiger partial charge in [0.05, 0.1) is 0 Å². The summed E-state index contributed by atoms with van der Waals surface area (Å²) in [7, 11) is 0. The normalized spacial score (nSPS) is 15.4. The van der Waals surface area contributed by atoms with Crippen molar-refractivity contribution in [1.82, 2.24) is 20.4 Å². The highest BCUT2D eigenvalue weighted by molar-refractivity contribution is 7.98. The van der Waals surface area contributed by atoms with Crippen molar-refractivity contribution in [3.63, 3.8) is 0 Å². The Balaban J connectivity index is 1.30. The maximum atomic E-state index is 12.2. The molecule has 128 valence electrons. The van der Waals surface area contributed by atoms with Crippen molar-refractivity contribution in [1.29, 1.82) is 0 Å². The molecule has 2 N–H and O–H groups in total. The van der Waals surface area contributed by atoms with Crippen LogP contribution in [0.2, 0.25) is 0 Å². The SMILES string of the molecule is O=C(NCCSCc1ccccc1)N1CCC(c2ccn[nH]2)CC1. The highest BCUT2D eigenvalue weighted by atomic mass is 32.2. The first-order valence-electron chi connectivity index (χ1n) is 8.46. The molecule has 2 aromatic rings. The van der Waals surface area contributed by atoms with Crippen LogP contribution in [-0.2, 0) is 5.75 Å². The lowest BCUT2D eigenvalue weighted by atomic mass is 9.94. The molecule has 24 heavy (non-hydrogen) atoms. The molecule has 1 fully saturated rings. The third kappa shape index (κ3) is 4.77. The summed E-state index contributed by atoms with van der Waals surface area (Å²) in [6.07, 6.45) is 3.79. The molecule has 1 aliphatic rings. The number of thioether (sulfide) groups is 1. The number of amides is 2. The van der Waals surface area contributed by atoms with Crippen molar-refractivity contribution in [2.75, 3.05) is 25.4 Å². The average Bonchev–Trinajstić information content (AvgIpc) is 3.17. The van der Waals surface area contributed by atoms with E-state index in [1.165, 1.54) is 11.3 Å². The van der Waals surface area contributed by atoms with Gasteiger partial charge in [-0.15, -0.1) is 0 Å². The molecular weight excluding hydrogens is 320 g/mol. The number of nitrogens with one attached hydrogen (secondary N) is 2. The number of rotatable bonds is 6. The van der Waals surface area contributed by atoms with Gasteiger partial charge in [-0.25, -0.2) is 4.79 Å². The number of hydrogen-bond donors (Lipinski definition) is 2. The van der Waals surface area contributed by atoms with Crippen molar-refractivity contribution in [2.24, 2.45) is 0 Å². The van der Waals surface area contributed by atoms with E-state index in [0.717, 1.165) is 44.0 Å². The molecule has 1 saturated heterocycles. The second-order valence-corrected chi connectivity index (χ2v) is 7.15. The number of benzene rings is 1. The van der Waals surface area contributed by atoms with Crippen molar-refractivity contribution >= 4 is 17.8 Å². The van der Waals surface area contributed by atoms with Crippen molar-refractivity contribution in [3.05, 3.63) is 53.9 Å². The third-order valence-corrected chi connectivity index (χ3v) is 5.41. The minimum absolute atomic E-state index is 0.0679. The Kier molecular flexibility index (Phi) is 6.18. The van der Waals surface area contributed by atoms with E-state index < -0.39 is 0 Å². The number of aromatic nitrogens is 2. The summed E-state index contributed by atoms with van der Waals surface area (Å²) in [5.74, 6) is 2.43. The largest absolute Gasteiger partial charge is 0.337 e. The number of nitrogens with zero attached hydrogens (tertiary/aromatic N) is 2. The number of piperidine rings is 1. The minimum atomic E-state index is 0.0679. The number of likely N-dealkylation sites (tertiary alicyclic amines) is 1. The van der Waals surface area contributed by atoms with Crippen molar-refractivity contribution in [2.45, 2.75) is 24.5 Å². The van der Waals surface area contributed by atoms with Crippen LogP contribution in [0.3, 0.4) is 0 Å². The maximum Gasteiger partial charge on any atom is 0.317 e. The van der Waals surface area contributed by atoms with Crippen LogP contribution < -0.4 is 5.32 Å². The van der Waals surface area contributed by atoms with Gasteiger partial charge < -0.3 is 10.2 Å². The predicted molar refractivity (Wildman–Crippen MR) is 98.1 cm³/mol. The van der Waals surface area contributed by atoms with Gasteiger partial charge in [0, 0.05) is 48.9 Å². The molecular formula is C18H24N4OS. The fraction of sp³-hybridized carbons (Fsp3) is 0.444. The topological polar surface area (TPSA) is 61.0 Å².